The molecule has 0 saturated heterocycles. The number of aliphatic carboxylic acids is 1. The predicted molar refractivity (Wildman–Crippen MR) is 56.5 cm³/mol. The first-order valence-corrected chi connectivity index (χ1v) is 5.27. The van der Waals surface area contributed by atoms with E-state index < -0.39 is 5.97 Å². The summed E-state index contributed by atoms with van der Waals surface area (Å²) in [6.45, 7) is 1.43. The van der Waals surface area contributed by atoms with Crippen LogP contribution in [0.5, 0.6) is 0 Å². The molecule has 0 bridgehead atoms. The molecule has 0 unspecified atom stereocenters. The minimum atomic E-state index is -1.09. The standard InChI is InChI=1S/C10H11NO3S.K/c1-7(12)11-8-2-4-9(5-3-8)15-6-10(13)14;/h2-5H,6H2,1H3,(H,11,12)(H,13,14);/q;+1/p-1. The third-order valence-electron chi connectivity index (χ3n) is 1.53. The first-order chi connectivity index (χ1) is 7.08. The SMILES string of the molecule is CC(=O)Nc1ccc(SCC(=O)[O-])cc1.[K+]. The maximum absolute atomic E-state index is 10.7. The first-order valence-electron chi connectivity index (χ1n) is 4.28. The Morgan fingerprint density at radius 3 is 2.31 bits per heavy atom. The van der Waals surface area contributed by atoms with E-state index in [-0.39, 0.29) is 63.0 Å². The normalized spacial score (nSPS) is 9.06. The van der Waals surface area contributed by atoms with Crippen molar-refractivity contribution >= 4 is 29.3 Å². The Morgan fingerprint density at radius 2 is 1.88 bits per heavy atom. The zero-order valence-corrected chi connectivity index (χ0v) is 13.1. The second-order valence-corrected chi connectivity index (χ2v) is 3.92. The second kappa shape index (κ2) is 8.27. The maximum atomic E-state index is 10.7. The van der Waals surface area contributed by atoms with Crippen LogP contribution in [-0.2, 0) is 9.59 Å². The van der Waals surface area contributed by atoms with E-state index in [2.05, 4.69) is 5.32 Å². The molecule has 1 aromatic carbocycles. The third kappa shape index (κ3) is 6.67. The number of thioether (sulfide) groups is 1. The largest absolute Gasteiger partial charge is 1.00 e. The van der Waals surface area contributed by atoms with Crippen LogP contribution in [0, 0.1) is 0 Å². The van der Waals surface area contributed by atoms with Gasteiger partial charge in [0.05, 0.1) is 5.97 Å². The summed E-state index contributed by atoms with van der Waals surface area (Å²) in [6.07, 6.45) is 0. The second-order valence-electron chi connectivity index (χ2n) is 2.87. The number of nitrogens with one attached hydrogen (secondary N) is 1. The van der Waals surface area contributed by atoms with Gasteiger partial charge in [-0.2, -0.15) is 0 Å². The third-order valence-corrected chi connectivity index (χ3v) is 2.52. The van der Waals surface area contributed by atoms with Gasteiger partial charge < -0.3 is 15.2 Å². The van der Waals surface area contributed by atoms with Gasteiger partial charge in [0.2, 0.25) is 5.91 Å². The Morgan fingerprint density at radius 1 is 1.31 bits per heavy atom. The number of carbonyl (C=O) groups excluding carboxylic acids is 2. The van der Waals surface area contributed by atoms with Crippen molar-refractivity contribution in [3.63, 3.8) is 0 Å². The Balaban J connectivity index is 0.00000225. The van der Waals surface area contributed by atoms with E-state index in [1.54, 1.807) is 24.3 Å². The monoisotopic (exact) mass is 263 g/mol. The number of anilines is 1. The number of hydrogen-bond donors (Lipinski definition) is 1. The number of amides is 1. The van der Waals surface area contributed by atoms with Gasteiger partial charge in [-0.15, -0.1) is 11.8 Å². The number of rotatable bonds is 4. The summed E-state index contributed by atoms with van der Waals surface area (Å²) in [7, 11) is 0. The summed E-state index contributed by atoms with van der Waals surface area (Å²) < 4.78 is 0. The predicted octanol–water partition coefficient (Wildman–Crippen LogP) is -2.51. The van der Waals surface area contributed by atoms with Crippen LogP contribution < -0.4 is 61.8 Å². The molecular formula is C10H10KNO3S. The van der Waals surface area contributed by atoms with Gasteiger partial charge >= 0.3 is 51.4 Å². The molecule has 0 saturated carbocycles. The molecule has 0 spiro atoms. The van der Waals surface area contributed by atoms with E-state index in [9.17, 15) is 14.7 Å². The average Bonchev–Trinajstić information content (AvgIpc) is 2.16. The van der Waals surface area contributed by atoms with Crippen LogP contribution in [0.15, 0.2) is 29.2 Å². The van der Waals surface area contributed by atoms with E-state index in [0.717, 1.165) is 4.90 Å². The molecule has 0 atom stereocenters. The summed E-state index contributed by atoms with van der Waals surface area (Å²) in [5, 5.41) is 12.8. The van der Waals surface area contributed by atoms with E-state index in [1.807, 2.05) is 0 Å². The Labute approximate surface area is 141 Å². The first kappa shape index (κ1) is 16.1. The van der Waals surface area contributed by atoms with Gasteiger partial charge in [0.25, 0.3) is 0 Å². The van der Waals surface area contributed by atoms with Crippen LogP contribution in [-0.4, -0.2) is 17.6 Å². The smallest absolute Gasteiger partial charge is 0.549 e. The van der Waals surface area contributed by atoms with Crippen LogP contribution in [0.3, 0.4) is 0 Å². The quantitative estimate of drug-likeness (QED) is 0.481. The molecule has 0 heterocycles. The minimum Gasteiger partial charge on any atom is -0.549 e. The summed E-state index contributed by atoms with van der Waals surface area (Å²) in [5.74, 6) is -1.30. The molecule has 16 heavy (non-hydrogen) atoms. The van der Waals surface area contributed by atoms with Crippen molar-refractivity contribution in [1.82, 2.24) is 0 Å². The molecule has 4 nitrogen and oxygen atoms in total. The number of hydrogen-bond acceptors (Lipinski definition) is 4. The van der Waals surface area contributed by atoms with Gasteiger partial charge in [-0.05, 0) is 24.3 Å². The molecule has 1 amide bonds. The fraction of sp³-hybridized carbons (Fsp3) is 0.200. The fourth-order valence-electron chi connectivity index (χ4n) is 0.980. The zero-order valence-electron chi connectivity index (χ0n) is 9.15. The Hall–Kier alpha value is 0.146. The number of carboxylic acids is 1. The molecule has 0 aliphatic rings. The molecule has 1 rings (SSSR count). The van der Waals surface area contributed by atoms with Crippen LogP contribution in [0.1, 0.15) is 6.92 Å². The molecule has 0 aromatic heterocycles. The summed E-state index contributed by atoms with van der Waals surface area (Å²) in [6, 6.07) is 6.94. The zero-order chi connectivity index (χ0) is 11.3. The van der Waals surface area contributed by atoms with Gasteiger partial charge in [0, 0.05) is 23.3 Å². The number of carboxylic acid groups (broad SMARTS) is 1. The molecule has 0 fully saturated rings. The van der Waals surface area contributed by atoms with E-state index >= 15 is 0 Å². The van der Waals surface area contributed by atoms with Crippen molar-refractivity contribution in [2.45, 2.75) is 11.8 Å². The average molecular weight is 263 g/mol. The molecular weight excluding hydrogens is 253 g/mol. The van der Waals surface area contributed by atoms with Crippen molar-refractivity contribution in [2.24, 2.45) is 0 Å². The molecule has 1 aromatic rings. The Bertz CT molecular complexity index is 367. The van der Waals surface area contributed by atoms with Gasteiger partial charge in [0.1, 0.15) is 0 Å². The van der Waals surface area contributed by atoms with Crippen LogP contribution in [0.4, 0.5) is 5.69 Å². The van der Waals surface area contributed by atoms with Crippen LogP contribution in [0.2, 0.25) is 0 Å². The number of carbonyl (C=O) groups is 2. The fourth-order valence-corrected chi connectivity index (χ4v) is 1.59. The molecule has 0 radical (unpaired) electrons. The van der Waals surface area contributed by atoms with Crippen LogP contribution >= 0.6 is 11.8 Å². The van der Waals surface area contributed by atoms with Crippen molar-refractivity contribution in [2.75, 3.05) is 11.1 Å². The van der Waals surface area contributed by atoms with Crippen molar-refractivity contribution in [3.8, 4) is 0 Å². The van der Waals surface area contributed by atoms with E-state index in [1.165, 1.54) is 18.7 Å². The van der Waals surface area contributed by atoms with E-state index in [4.69, 9.17) is 0 Å². The van der Waals surface area contributed by atoms with Crippen molar-refractivity contribution in [3.05, 3.63) is 24.3 Å². The topological polar surface area (TPSA) is 69.2 Å². The summed E-state index contributed by atoms with van der Waals surface area (Å²) in [4.78, 5) is 21.7. The van der Waals surface area contributed by atoms with Crippen molar-refractivity contribution < 1.29 is 66.1 Å². The van der Waals surface area contributed by atoms with Crippen LogP contribution in [0.25, 0.3) is 0 Å². The van der Waals surface area contributed by atoms with E-state index in [0.29, 0.717) is 5.69 Å². The van der Waals surface area contributed by atoms with Crippen molar-refractivity contribution in [1.29, 1.82) is 0 Å². The summed E-state index contributed by atoms with van der Waals surface area (Å²) in [5.41, 5.74) is 0.695. The minimum absolute atomic E-state index is 0. The molecule has 6 heteroatoms. The summed E-state index contributed by atoms with van der Waals surface area (Å²) >= 11 is 1.18. The van der Waals surface area contributed by atoms with Gasteiger partial charge in [-0.3, -0.25) is 4.79 Å². The molecule has 1 N–H and O–H groups in total. The maximum Gasteiger partial charge on any atom is 1.00 e. The Kier molecular flexibility index (Phi) is 8.34. The number of benzene rings is 1. The molecule has 80 valence electrons. The van der Waals surface area contributed by atoms with Gasteiger partial charge in [-0.25, -0.2) is 0 Å². The molecule has 0 aliphatic carbocycles. The van der Waals surface area contributed by atoms with Gasteiger partial charge in [0.15, 0.2) is 0 Å². The molecule has 0 aliphatic heterocycles. The van der Waals surface area contributed by atoms with Gasteiger partial charge in [-0.1, -0.05) is 0 Å².